The Kier molecular flexibility index (Phi) is 4.40. The summed E-state index contributed by atoms with van der Waals surface area (Å²) in [5.41, 5.74) is 5.92. The molecule has 4 nitrogen and oxygen atoms in total. The minimum atomic E-state index is 0.191. The standard InChI is InChI=1S/C13H25N3O/c1-15-8-3-2-4-12(15)7-9-16-10-11(14)5-6-13(16)17/h11-12H,2-10,14H2,1H3. The van der Waals surface area contributed by atoms with Crippen molar-refractivity contribution < 1.29 is 4.79 Å². The number of nitrogens with two attached hydrogens (primary N) is 1. The lowest BCUT2D eigenvalue weighted by Crippen LogP contribution is -2.48. The monoisotopic (exact) mass is 239 g/mol. The van der Waals surface area contributed by atoms with Crippen molar-refractivity contribution in [3.8, 4) is 0 Å². The lowest BCUT2D eigenvalue weighted by atomic mass is 9.99. The van der Waals surface area contributed by atoms with Crippen LogP contribution in [0.2, 0.25) is 0 Å². The Hall–Kier alpha value is -0.610. The summed E-state index contributed by atoms with van der Waals surface area (Å²) in [4.78, 5) is 16.2. The number of nitrogens with zero attached hydrogens (tertiary/aromatic N) is 2. The van der Waals surface area contributed by atoms with Gasteiger partial charge in [-0.25, -0.2) is 0 Å². The summed E-state index contributed by atoms with van der Waals surface area (Å²) in [5, 5.41) is 0. The average molecular weight is 239 g/mol. The van der Waals surface area contributed by atoms with Crippen molar-refractivity contribution in [3.63, 3.8) is 0 Å². The highest BCUT2D eigenvalue weighted by Gasteiger charge is 2.25. The molecule has 1 amide bonds. The van der Waals surface area contributed by atoms with Gasteiger partial charge in [0.2, 0.25) is 5.91 Å². The van der Waals surface area contributed by atoms with Crippen LogP contribution in [0.3, 0.4) is 0 Å². The Morgan fingerprint density at radius 2 is 2.18 bits per heavy atom. The fourth-order valence-corrected chi connectivity index (χ4v) is 2.97. The van der Waals surface area contributed by atoms with Gasteiger partial charge in [0, 0.05) is 31.6 Å². The Morgan fingerprint density at radius 3 is 2.94 bits per heavy atom. The first-order valence-electron chi connectivity index (χ1n) is 6.90. The summed E-state index contributed by atoms with van der Waals surface area (Å²) >= 11 is 0. The SMILES string of the molecule is CN1CCCCC1CCN1CC(N)CCC1=O. The van der Waals surface area contributed by atoms with Crippen LogP contribution >= 0.6 is 0 Å². The van der Waals surface area contributed by atoms with E-state index in [1.54, 1.807) is 0 Å². The molecule has 0 aromatic rings. The third-order valence-corrected chi connectivity index (χ3v) is 4.19. The topological polar surface area (TPSA) is 49.6 Å². The van der Waals surface area contributed by atoms with Gasteiger partial charge in [0.05, 0.1) is 0 Å². The van der Waals surface area contributed by atoms with Gasteiger partial charge in [0.25, 0.3) is 0 Å². The van der Waals surface area contributed by atoms with Gasteiger partial charge in [0.1, 0.15) is 0 Å². The van der Waals surface area contributed by atoms with Gasteiger partial charge in [-0.2, -0.15) is 0 Å². The summed E-state index contributed by atoms with van der Waals surface area (Å²) in [6, 6.07) is 0.853. The molecule has 0 spiro atoms. The first kappa shape index (κ1) is 12.8. The number of rotatable bonds is 3. The zero-order chi connectivity index (χ0) is 12.3. The molecule has 0 aromatic carbocycles. The second-order valence-electron chi connectivity index (χ2n) is 5.56. The van der Waals surface area contributed by atoms with Crippen LogP contribution in [0.4, 0.5) is 0 Å². The van der Waals surface area contributed by atoms with Crippen LogP contribution < -0.4 is 5.73 Å². The second kappa shape index (κ2) is 5.83. The summed E-state index contributed by atoms with van der Waals surface area (Å²) < 4.78 is 0. The number of likely N-dealkylation sites (tertiary alicyclic amines) is 2. The second-order valence-corrected chi connectivity index (χ2v) is 5.56. The van der Waals surface area contributed by atoms with Gasteiger partial charge in [0.15, 0.2) is 0 Å². The number of carbonyl (C=O) groups is 1. The highest BCUT2D eigenvalue weighted by Crippen LogP contribution is 2.19. The van der Waals surface area contributed by atoms with Crippen molar-refractivity contribution in [1.82, 2.24) is 9.80 Å². The van der Waals surface area contributed by atoms with E-state index in [0.717, 1.165) is 25.9 Å². The van der Waals surface area contributed by atoms with Crippen LogP contribution in [0.5, 0.6) is 0 Å². The van der Waals surface area contributed by atoms with Crippen LogP contribution in [-0.2, 0) is 4.79 Å². The molecule has 0 saturated carbocycles. The van der Waals surface area contributed by atoms with E-state index in [1.807, 2.05) is 4.90 Å². The molecular weight excluding hydrogens is 214 g/mol. The van der Waals surface area contributed by atoms with E-state index in [0.29, 0.717) is 18.4 Å². The van der Waals surface area contributed by atoms with E-state index in [2.05, 4.69) is 11.9 Å². The van der Waals surface area contributed by atoms with E-state index < -0.39 is 0 Å². The zero-order valence-electron chi connectivity index (χ0n) is 10.9. The molecule has 2 rings (SSSR count). The van der Waals surface area contributed by atoms with E-state index in [9.17, 15) is 4.79 Å². The molecule has 4 heteroatoms. The lowest BCUT2D eigenvalue weighted by molar-refractivity contribution is -0.134. The summed E-state index contributed by atoms with van der Waals surface area (Å²) in [7, 11) is 2.20. The Bertz CT molecular complexity index is 269. The maximum atomic E-state index is 11.8. The predicted molar refractivity (Wildman–Crippen MR) is 68.7 cm³/mol. The van der Waals surface area contributed by atoms with Gasteiger partial charge < -0.3 is 15.5 Å². The molecule has 0 bridgehead atoms. The van der Waals surface area contributed by atoms with Crippen LogP contribution in [-0.4, -0.2) is 54.5 Å². The lowest BCUT2D eigenvalue weighted by Gasteiger charge is -2.36. The maximum Gasteiger partial charge on any atom is 0.222 e. The Balaban J connectivity index is 1.78. The molecule has 2 atom stereocenters. The van der Waals surface area contributed by atoms with E-state index >= 15 is 0 Å². The Morgan fingerprint density at radius 1 is 1.35 bits per heavy atom. The normalized spacial score (nSPS) is 31.9. The maximum absolute atomic E-state index is 11.8. The van der Waals surface area contributed by atoms with Crippen molar-refractivity contribution in [2.45, 2.75) is 50.6 Å². The number of carbonyl (C=O) groups excluding carboxylic acids is 1. The third-order valence-electron chi connectivity index (χ3n) is 4.19. The smallest absolute Gasteiger partial charge is 0.222 e. The molecule has 2 unspecified atom stereocenters. The van der Waals surface area contributed by atoms with Gasteiger partial charge in [-0.15, -0.1) is 0 Å². The van der Waals surface area contributed by atoms with E-state index in [1.165, 1.54) is 25.8 Å². The predicted octanol–water partition coefficient (Wildman–Crippen LogP) is 0.811. The minimum absolute atomic E-state index is 0.191. The summed E-state index contributed by atoms with van der Waals surface area (Å²) in [6.07, 6.45) is 6.54. The molecule has 0 aromatic heterocycles. The molecule has 2 saturated heterocycles. The first-order valence-corrected chi connectivity index (χ1v) is 6.90. The van der Waals surface area contributed by atoms with Crippen molar-refractivity contribution in [1.29, 1.82) is 0 Å². The van der Waals surface area contributed by atoms with Gasteiger partial charge in [-0.1, -0.05) is 6.42 Å². The number of piperidine rings is 2. The quantitative estimate of drug-likeness (QED) is 0.793. The largest absolute Gasteiger partial charge is 0.341 e. The molecule has 17 heavy (non-hydrogen) atoms. The van der Waals surface area contributed by atoms with Crippen molar-refractivity contribution in [2.75, 3.05) is 26.7 Å². The van der Waals surface area contributed by atoms with Crippen molar-refractivity contribution in [2.24, 2.45) is 5.73 Å². The molecule has 0 aliphatic carbocycles. The highest BCUT2D eigenvalue weighted by molar-refractivity contribution is 5.77. The van der Waals surface area contributed by atoms with Crippen LogP contribution in [0, 0.1) is 0 Å². The van der Waals surface area contributed by atoms with Crippen LogP contribution in [0.15, 0.2) is 0 Å². The van der Waals surface area contributed by atoms with Crippen LogP contribution in [0.1, 0.15) is 38.5 Å². The molecule has 2 aliphatic heterocycles. The molecule has 2 N–H and O–H groups in total. The zero-order valence-corrected chi connectivity index (χ0v) is 10.9. The molecule has 2 heterocycles. The highest BCUT2D eigenvalue weighted by atomic mass is 16.2. The molecular formula is C13H25N3O. The van der Waals surface area contributed by atoms with Crippen LogP contribution in [0.25, 0.3) is 0 Å². The van der Waals surface area contributed by atoms with Crippen molar-refractivity contribution >= 4 is 5.91 Å². The molecule has 2 fully saturated rings. The average Bonchev–Trinajstić information content (AvgIpc) is 2.32. The number of hydrogen-bond acceptors (Lipinski definition) is 3. The first-order chi connectivity index (χ1) is 8.16. The fraction of sp³-hybridized carbons (Fsp3) is 0.923. The van der Waals surface area contributed by atoms with Gasteiger partial charge >= 0.3 is 0 Å². The van der Waals surface area contributed by atoms with E-state index in [-0.39, 0.29) is 6.04 Å². The summed E-state index contributed by atoms with van der Waals surface area (Å²) in [6.45, 7) is 2.86. The molecule has 2 aliphatic rings. The van der Waals surface area contributed by atoms with E-state index in [4.69, 9.17) is 5.73 Å². The van der Waals surface area contributed by atoms with Gasteiger partial charge in [-0.3, -0.25) is 4.79 Å². The fourth-order valence-electron chi connectivity index (χ4n) is 2.97. The minimum Gasteiger partial charge on any atom is -0.341 e. The number of amides is 1. The summed E-state index contributed by atoms with van der Waals surface area (Å²) in [5.74, 6) is 0.296. The third kappa shape index (κ3) is 3.42. The molecule has 0 radical (unpaired) electrons. The number of hydrogen-bond donors (Lipinski definition) is 1. The van der Waals surface area contributed by atoms with Gasteiger partial charge in [-0.05, 0) is 39.3 Å². The van der Waals surface area contributed by atoms with Crippen molar-refractivity contribution in [3.05, 3.63) is 0 Å². The Labute approximate surface area is 104 Å². The molecule has 98 valence electrons.